The monoisotopic (exact) mass is 432 g/mol. The second kappa shape index (κ2) is 9.91. The van der Waals surface area contributed by atoms with Gasteiger partial charge in [0.1, 0.15) is 12.4 Å². The van der Waals surface area contributed by atoms with E-state index in [1.165, 1.54) is 0 Å². The standard InChI is InChI=1S/C24H24N4O4/c1-18-16-22(32-26-18)24(30)28-14-12-27(13-15-28)23(29)10-7-19-5-8-21(9-6-19)31-17-20-4-2-3-11-25-20/h2-11,16H,12-15,17H2,1H3/b10-7+. The number of ether oxygens (including phenoxy) is 1. The molecule has 0 atom stereocenters. The van der Waals surface area contributed by atoms with Crippen molar-refractivity contribution in [3.63, 3.8) is 0 Å². The molecular formula is C24H24N4O4. The molecule has 8 nitrogen and oxygen atoms in total. The van der Waals surface area contributed by atoms with Crippen molar-refractivity contribution in [3.05, 3.63) is 83.5 Å². The van der Waals surface area contributed by atoms with Crippen LogP contribution in [-0.2, 0) is 11.4 Å². The van der Waals surface area contributed by atoms with E-state index in [4.69, 9.17) is 9.26 Å². The predicted molar refractivity (Wildman–Crippen MR) is 118 cm³/mol. The van der Waals surface area contributed by atoms with Crippen molar-refractivity contribution >= 4 is 17.9 Å². The number of piperazine rings is 1. The Kier molecular flexibility index (Phi) is 6.60. The van der Waals surface area contributed by atoms with Crippen molar-refractivity contribution in [3.8, 4) is 5.75 Å². The quantitative estimate of drug-likeness (QED) is 0.557. The van der Waals surface area contributed by atoms with Crippen molar-refractivity contribution in [1.82, 2.24) is 19.9 Å². The van der Waals surface area contributed by atoms with E-state index < -0.39 is 0 Å². The van der Waals surface area contributed by atoms with Crippen molar-refractivity contribution in [1.29, 1.82) is 0 Å². The van der Waals surface area contributed by atoms with Crippen LogP contribution in [0.5, 0.6) is 5.75 Å². The largest absolute Gasteiger partial charge is 0.487 e. The lowest BCUT2D eigenvalue weighted by molar-refractivity contribution is -0.127. The number of rotatable bonds is 6. The third-order valence-electron chi connectivity index (χ3n) is 5.13. The average molecular weight is 432 g/mol. The number of hydrogen-bond acceptors (Lipinski definition) is 6. The number of pyridine rings is 1. The van der Waals surface area contributed by atoms with E-state index in [1.54, 1.807) is 41.1 Å². The molecule has 0 unspecified atom stereocenters. The minimum atomic E-state index is -0.196. The first-order chi connectivity index (χ1) is 15.6. The fourth-order valence-corrected chi connectivity index (χ4v) is 3.34. The summed E-state index contributed by atoms with van der Waals surface area (Å²) in [6.07, 6.45) is 5.07. The molecule has 3 heterocycles. The van der Waals surface area contributed by atoms with Gasteiger partial charge >= 0.3 is 0 Å². The van der Waals surface area contributed by atoms with Crippen LogP contribution >= 0.6 is 0 Å². The van der Waals surface area contributed by atoms with E-state index in [0.29, 0.717) is 38.5 Å². The minimum absolute atomic E-state index is 0.0805. The third kappa shape index (κ3) is 5.40. The second-order valence-corrected chi connectivity index (χ2v) is 7.46. The Balaban J connectivity index is 1.25. The maximum absolute atomic E-state index is 12.5. The summed E-state index contributed by atoms with van der Waals surface area (Å²) in [5, 5.41) is 3.75. The molecule has 0 N–H and O–H groups in total. The molecule has 0 saturated carbocycles. The number of nitrogens with zero attached hydrogens (tertiary/aromatic N) is 4. The number of aryl methyl sites for hydroxylation is 1. The molecule has 2 aromatic heterocycles. The Bertz CT molecular complexity index is 1080. The number of carbonyl (C=O) groups excluding carboxylic acids is 2. The van der Waals surface area contributed by atoms with Crippen LogP contribution in [0.25, 0.3) is 6.08 Å². The maximum Gasteiger partial charge on any atom is 0.292 e. The molecule has 1 aromatic carbocycles. The SMILES string of the molecule is Cc1cc(C(=O)N2CCN(C(=O)/C=C/c3ccc(OCc4ccccn4)cc3)CC2)on1. The van der Waals surface area contributed by atoms with Gasteiger partial charge in [0.25, 0.3) is 5.91 Å². The second-order valence-electron chi connectivity index (χ2n) is 7.46. The maximum atomic E-state index is 12.5. The summed E-state index contributed by atoms with van der Waals surface area (Å²) in [6, 6.07) is 14.8. The van der Waals surface area contributed by atoms with E-state index in [1.807, 2.05) is 42.5 Å². The van der Waals surface area contributed by atoms with Gasteiger partial charge in [-0.2, -0.15) is 0 Å². The smallest absolute Gasteiger partial charge is 0.292 e. The Labute approximate surface area is 186 Å². The molecule has 1 fully saturated rings. The lowest BCUT2D eigenvalue weighted by atomic mass is 10.2. The highest BCUT2D eigenvalue weighted by Gasteiger charge is 2.26. The molecule has 0 radical (unpaired) electrons. The van der Waals surface area contributed by atoms with E-state index in [0.717, 1.165) is 17.0 Å². The predicted octanol–water partition coefficient (Wildman–Crippen LogP) is 2.95. The first-order valence-corrected chi connectivity index (χ1v) is 10.4. The van der Waals surface area contributed by atoms with Gasteiger partial charge in [0.05, 0.1) is 11.4 Å². The molecule has 0 bridgehead atoms. The number of benzene rings is 1. The highest BCUT2D eigenvalue weighted by Crippen LogP contribution is 2.15. The van der Waals surface area contributed by atoms with Crippen molar-refractivity contribution in [2.75, 3.05) is 26.2 Å². The first-order valence-electron chi connectivity index (χ1n) is 10.4. The van der Waals surface area contributed by atoms with E-state index in [2.05, 4.69) is 10.1 Å². The summed E-state index contributed by atoms with van der Waals surface area (Å²) < 4.78 is 10.8. The van der Waals surface area contributed by atoms with Gasteiger partial charge in [0.2, 0.25) is 11.7 Å². The van der Waals surface area contributed by atoms with Crippen molar-refractivity contribution in [2.45, 2.75) is 13.5 Å². The zero-order valence-electron chi connectivity index (χ0n) is 17.8. The number of amides is 2. The van der Waals surface area contributed by atoms with Crippen LogP contribution in [-0.4, -0.2) is 57.9 Å². The minimum Gasteiger partial charge on any atom is -0.487 e. The van der Waals surface area contributed by atoms with Gasteiger partial charge in [-0.3, -0.25) is 14.6 Å². The molecule has 8 heteroatoms. The highest BCUT2D eigenvalue weighted by atomic mass is 16.5. The fraction of sp³-hybridized carbons (Fsp3) is 0.250. The molecular weight excluding hydrogens is 408 g/mol. The lowest BCUT2D eigenvalue weighted by Gasteiger charge is -2.33. The van der Waals surface area contributed by atoms with E-state index in [9.17, 15) is 9.59 Å². The van der Waals surface area contributed by atoms with Gasteiger partial charge in [-0.25, -0.2) is 0 Å². The van der Waals surface area contributed by atoms with Gasteiger partial charge in [-0.15, -0.1) is 0 Å². The zero-order chi connectivity index (χ0) is 22.3. The van der Waals surface area contributed by atoms with Gasteiger partial charge in [-0.05, 0) is 42.8 Å². The van der Waals surface area contributed by atoms with Gasteiger partial charge < -0.3 is 19.1 Å². The normalized spacial score (nSPS) is 14.0. The Morgan fingerprint density at radius 3 is 2.47 bits per heavy atom. The molecule has 32 heavy (non-hydrogen) atoms. The molecule has 0 spiro atoms. The molecule has 1 saturated heterocycles. The highest BCUT2D eigenvalue weighted by molar-refractivity contribution is 5.93. The summed E-state index contributed by atoms with van der Waals surface area (Å²) in [6.45, 7) is 4.04. The van der Waals surface area contributed by atoms with Crippen LogP contribution in [0.4, 0.5) is 0 Å². The summed E-state index contributed by atoms with van der Waals surface area (Å²) in [5.41, 5.74) is 2.43. The number of aromatic nitrogens is 2. The number of hydrogen-bond donors (Lipinski definition) is 0. The van der Waals surface area contributed by atoms with Crippen molar-refractivity contribution in [2.24, 2.45) is 0 Å². The fourth-order valence-electron chi connectivity index (χ4n) is 3.34. The Hall–Kier alpha value is -3.94. The topological polar surface area (TPSA) is 88.8 Å². The van der Waals surface area contributed by atoms with Gasteiger partial charge in [-0.1, -0.05) is 23.4 Å². The summed E-state index contributed by atoms with van der Waals surface area (Å²) >= 11 is 0. The van der Waals surface area contributed by atoms with E-state index in [-0.39, 0.29) is 17.6 Å². The molecule has 2 amide bonds. The first kappa shape index (κ1) is 21.3. The Morgan fingerprint density at radius 2 is 1.81 bits per heavy atom. The van der Waals surface area contributed by atoms with Crippen LogP contribution in [0.1, 0.15) is 27.5 Å². The van der Waals surface area contributed by atoms with Crippen LogP contribution in [0.3, 0.4) is 0 Å². The molecule has 1 aliphatic heterocycles. The molecule has 1 aliphatic rings. The average Bonchev–Trinajstić information content (AvgIpc) is 3.28. The molecule has 164 valence electrons. The molecule has 3 aromatic rings. The van der Waals surface area contributed by atoms with E-state index >= 15 is 0 Å². The summed E-state index contributed by atoms with van der Waals surface area (Å²) in [5.74, 6) is 0.693. The van der Waals surface area contributed by atoms with Crippen molar-refractivity contribution < 1.29 is 18.8 Å². The summed E-state index contributed by atoms with van der Waals surface area (Å²) in [7, 11) is 0. The third-order valence-corrected chi connectivity index (χ3v) is 5.13. The number of carbonyl (C=O) groups is 2. The zero-order valence-corrected chi connectivity index (χ0v) is 17.8. The van der Waals surface area contributed by atoms with Gasteiger partial charge in [0.15, 0.2) is 0 Å². The lowest BCUT2D eigenvalue weighted by Crippen LogP contribution is -2.50. The molecule has 0 aliphatic carbocycles. The Morgan fingerprint density at radius 1 is 1.06 bits per heavy atom. The van der Waals surface area contributed by atoms with Gasteiger partial charge in [0, 0.05) is 44.5 Å². The molecule has 4 rings (SSSR count). The van der Waals surface area contributed by atoms with Crippen LogP contribution < -0.4 is 4.74 Å². The van der Waals surface area contributed by atoms with Crippen LogP contribution in [0, 0.1) is 6.92 Å². The summed E-state index contributed by atoms with van der Waals surface area (Å²) in [4.78, 5) is 32.6. The van der Waals surface area contributed by atoms with Crippen LogP contribution in [0.2, 0.25) is 0 Å². The van der Waals surface area contributed by atoms with Crippen LogP contribution in [0.15, 0.2) is 65.3 Å².